The van der Waals surface area contributed by atoms with E-state index in [2.05, 4.69) is 15.4 Å². The zero-order valence-corrected chi connectivity index (χ0v) is 11.4. The molecule has 1 amide bonds. The van der Waals surface area contributed by atoms with Crippen molar-refractivity contribution in [2.45, 2.75) is 6.42 Å². The molecule has 5 nitrogen and oxygen atoms in total. The Bertz CT molecular complexity index is 675. The number of aromatic nitrogens is 3. The van der Waals surface area contributed by atoms with Crippen molar-refractivity contribution in [1.82, 2.24) is 14.8 Å². The van der Waals surface area contributed by atoms with Crippen LogP contribution in [0.2, 0.25) is 0 Å². The van der Waals surface area contributed by atoms with Crippen molar-refractivity contribution in [2.24, 2.45) is 0 Å². The maximum atomic E-state index is 11.9. The molecule has 0 saturated carbocycles. The van der Waals surface area contributed by atoms with Crippen molar-refractivity contribution < 1.29 is 4.79 Å². The van der Waals surface area contributed by atoms with E-state index >= 15 is 0 Å². The third-order valence-corrected chi connectivity index (χ3v) is 3.63. The first kappa shape index (κ1) is 12.6. The number of thiophene rings is 1. The van der Waals surface area contributed by atoms with Gasteiger partial charge in [-0.25, -0.2) is 9.67 Å². The van der Waals surface area contributed by atoms with Gasteiger partial charge >= 0.3 is 0 Å². The minimum atomic E-state index is -0.0130. The average Bonchev–Trinajstić information content (AvgIpc) is 3.12. The van der Waals surface area contributed by atoms with Gasteiger partial charge in [-0.15, -0.1) is 11.3 Å². The van der Waals surface area contributed by atoms with E-state index in [1.54, 1.807) is 22.3 Å². The van der Waals surface area contributed by atoms with E-state index in [1.807, 2.05) is 41.8 Å². The molecule has 0 fully saturated rings. The van der Waals surface area contributed by atoms with Crippen LogP contribution in [0, 0.1) is 0 Å². The van der Waals surface area contributed by atoms with Crippen LogP contribution in [0.4, 0.5) is 5.69 Å². The molecule has 3 aromatic rings. The number of carbonyl (C=O) groups is 1. The van der Waals surface area contributed by atoms with E-state index in [4.69, 9.17) is 0 Å². The molecule has 20 heavy (non-hydrogen) atoms. The van der Waals surface area contributed by atoms with Gasteiger partial charge in [0.25, 0.3) is 0 Å². The Morgan fingerprint density at radius 3 is 2.75 bits per heavy atom. The summed E-state index contributed by atoms with van der Waals surface area (Å²) in [5, 5.41) is 8.89. The van der Waals surface area contributed by atoms with Crippen molar-refractivity contribution >= 4 is 22.9 Å². The van der Waals surface area contributed by atoms with Gasteiger partial charge in [0, 0.05) is 10.6 Å². The molecule has 1 aromatic carbocycles. The summed E-state index contributed by atoms with van der Waals surface area (Å²) in [5.74, 6) is -0.0130. The molecule has 3 rings (SSSR count). The topological polar surface area (TPSA) is 59.8 Å². The molecule has 0 aliphatic heterocycles. The second-order valence-electron chi connectivity index (χ2n) is 4.19. The summed E-state index contributed by atoms with van der Waals surface area (Å²) in [5.41, 5.74) is 1.68. The highest BCUT2D eigenvalue weighted by atomic mass is 32.1. The van der Waals surface area contributed by atoms with Crippen LogP contribution >= 0.6 is 11.3 Å². The highest BCUT2D eigenvalue weighted by molar-refractivity contribution is 7.10. The maximum absolute atomic E-state index is 11.9. The average molecular weight is 284 g/mol. The molecule has 2 heterocycles. The van der Waals surface area contributed by atoms with Gasteiger partial charge < -0.3 is 5.32 Å². The van der Waals surface area contributed by atoms with E-state index in [9.17, 15) is 4.79 Å². The number of anilines is 1. The molecule has 0 spiro atoms. The van der Waals surface area contributed by atoms with E-state index in [1.165, 1.54) is 6.33 Å². The van der Waals surface area contributed by atoms with Gasteiger partial charge in [0.05, 0.1) is 12.1 Å². The fourth-order valence-corrected chi connectivity index (χ4v) is 2.52. The lowest BCUT2D eigenvalue weighted by Crippen LogP contribution is -2.13. The molecule has 0 aliphatic carbocycles. The van der Waals surface area contributed by atoms with Crippen LogP contribution in [-0.2, 0) is 11.2 Å². The van der Waals surface area contributed by atoms with Crippen LogP contribution in [-0.4, -0.2) is 20.7 Å². The van der Waals surface area contributed by atoms with Gasteiger partial charge in [-0.05, 0) is 35.7 Å². The minimum absolute atomic E-state index is 0.0130. The van der Waals surface area contributed by atoms with Gasteiger partial charge in [-0.2, -0.15) is 5.10 Å². The second kappa shape index (κ2) is 5.66. The monoisotopic (exact) mass is 284 g/mol. The molecule has 0 atom stereocenters. The lowest BCUT2D eigenvalue weighted by Gasteiger charge is -2.05. The van der Waals surface area contributed by atoms with Crippen molar-refractivity contribution in [3.8, 4) is 5.69 Å². The fraction of sp³-hybridized carbons (Fsp3) is 0.0714. The highest BCUT2D eigenvalue weighted by Crippen LogP contribution is 2.14. The molecular formula is C14H12N4OS. The Morgan fingerprint density at radius 2 is 2.10 bits per heavy atom. The van der Waals surface area contributed by atoms with Crippen LogP contribution in [0.25, 0.3) is 5.69 Å². The third-order valence-electron chi connectivity index (χ3n) is 2.75. The van der Waals surface area contributed by atoms with Gasteiger partial charge in [0.1, 0.15) is 12.7 Å². The summed E-state index contributed by atoms with van der Waals surface area (Å²) in [7, 11) is 0. The summed E-state index contributed by atoms with van der Waals surface area (Å²) in [6.45, 7) is 0. The first-order valence-corrected chi connectivity index (χ1v) is 6.96. The number of rotatable bonds is 4. The molecule has 100 valence electrons. The molecule has 6 heteroatoms. The number of amides is 1. The number of carbonyl (C=O) groups excluding carboxylic acids is 1. The third kappa shape index (κ3) is 2.92. The van der Waals surface area contributed by atoms with Gasteiger partial charge in [-0.1, -0.05) is 6.07 Å². The normalized spacial score (nSPS) is 10.4. The molecule has 0 saturated heterocycles. The van der Waals surface area contributed by atoms with Crippen LogP contribution in [0.5, 0.6) is 0 Å². The second-order valence-corrected chi connectivity index (χ2v) is 5.22. The standard InChI is InChI=1S/C14H12N4OS/c19-14(8-13-2-1-7-20-13)17-11-3-5-12(6-4-11)18-10-15-9-16-18/h1-7,9-10H,8H2,(H,17,19). The van der Waals surface area contributed by atoms with E-state index in [0.717, 1.165) is 16.3 Å². The lowest BCUT2D eigenvalue weighted by atomic mass is 10.2. The SMILES string of the molecule is O=C(Cc1cccs1)Nc1ccc(-n2cncn2)cc1. The van der Waals surface area contributed by atoms with Gasteiger partial charge in [-0.3, -0.25) is 4.79 Å². The largest absolute Gasteiger partial charge is 0.326 e. The molecule has 2 aromatic heterocycles. The van der Waals surface area contributed by atoms with Gasteiger partial charge in [0.2, 0.25) is 5.91 Å². The van der Waals surface area contributed by atoms with E-state index in [0.29, 0.717) is 6.42 Å². The van der Waals surface area contributed by atoms with Crippen molar-refractivity contribution in [3.63, 3.8) is 0 Å². The quantitative estimate of drug-likeness (QED) is 0.800. The van der Waals surface area contributed by atoms with E-state index < -0.39 is 0 Å². The van der Waals surface area contributed by atoms with Crippen LogP contribution in [0.3, 0.4) is 0 Å². The first-order chi connectivity index (χ1) is 9.81. The highest BCUT2D eigenvalue weighted by Gasteiger charge is 2.05. The molecular weight excluding hydrogens is 272 g/mol. The molecule has 0 unspecified atom stereocenters. The number of hydrogen-bond donors (Lipinski definition) is 1. The zero-order valence-electron chi connectivity index (χ0n) is 10.6. The lowest BCUT2D eigenvalue weighted by molar-refractivity contribution is -0.115. The number of nitrogens with zero attached hydrogens (tertiary/aromatic N) is 3. The van der Waals surface area contributed by atoms with Crippen LogP contribution < -0.4 is 5.32 Å². The summed E-state index contributed by atoms with van der Waals surface area (Å²) in [4.78, 5) is 16.8. The fourth-order valence-electron chi connectivity index (χ4n) is 1.82. The summed E-state index contributed by atoms with van der Waals surface area (Å²) in [6, 6.07) is 11.4. The minimum Gasteiger partial charge on any atom is -0.326 e. The summed E-state index contributed by atoms with van der Waals surface area (Å²) >= 11 is 1.58. The van der Waals surface area contributed by atoms with Crippen molar-refractivity contribution in [3.05, 3.63) is 59.3 Å². The zero-order chi connectivity index (χ0) is 13.8. The maximum Gasteiger partial charge on any atom is 0.229 e. The summed E-state index contributed by atoms with van der Waals surface area (Å²) in [6.07, 6.45) is 3.52. The predicted octanol–water partition coefficient (Wildman–Crippen LogP) is 2.51. The Labute approximate surface area is 119 Å². The Morgan fingerprint density at radius 1 is 1.25 bits per heavy atom. The molecule has 0 bridgehead atoms. The van der Waals surface area contributed by atoms with Gasteiger partial charge in [0.15, 0.2) is 0 Å². The number of benzene rings is 1. The van der Waals surface area contributed by atoms with Crippen molar-refractivity contribution in [2.75, 3.05) is 5.32 Å². The molecule has 0 radical (unpaired) electrons. The molecule has 0 aliphatic rings. The Kier molecular flexibility index (Phi) is 3.56. The number of nitrogens with one attached hydrogen (secondary N) is 1. The summed E-state index contributed by atoms with van der Waals surface area (Å²) < 4.78 is 1.66. The van der Waals surface area contributed by atoms with Crippen LogP contribution in [0.15, 0.2) is 54.4 Å². The smallest absolute Gasteiger partial charge is 0.229 e. The predicted molar refractivity (Wildman–Crippen MR) is 78.0 cm³/mol. The Hall–Kier alpha value is -2.47. The Balaban J connectivity index is 1.65. The number of hydrogen-bond acceptors (Lipinski definition) is 4. The van der Waals surface area contributed by atoms with E-state index in [-0.39, 0.29) is 5.91 Å². The first-order valence-electron chi connectivity index (χ1n) is 6.08. The van der Waals surface area contributed by atoms with Crippen LogP contribution in [0.1, 0.15) is 4.88 Å². The molecule has 1 N–H and O–H groups in total. The van der Waals surface area contributed by atoms with Crippen molar-refractivity contribution in [1.29, 1.82) is 0 Å².